The van der Waals surface area contributed by atoms with Crippen LogP contribution in [0.15, 0.2) is 36.7 Å². The normalized spacial score (nSPS) is 11.1. The van der Waals surface area contributed by atoms with Gasteiger partial charge in [-0.3, -0.25) is 19.9 Å². The third-order valence-corrected chi connectivity index (χ3v) is 3.28. The number of nitrogens with zero attached hydrogens (tertiary/aromatic N) is 2. The van der Waals surface area contributed by atoms with Crippen molar-refractivity contribution in [1.29, 1.82) is 0 Å². The summed E-state index contributed by atoms with van der Waals surface area (Å²) in [6, 6.07) is 7.47. The van der Waals surface area contributed by atoms with Crippen LogP contribution >= 0.6 is 11.6 Å². The molecule has 20 heavy (non-hydrogen) atoms. The number of benzene rings is 1. The lowest BCUT2D eigenvalue weighted by Gasteiger charge is -2.08. The van der Waals surface area contributed by atoms with Crippen LogP contribution in [0.4, 0.5) is 0 Å². The molecule has 0 saturated heterocycles. The third kappa shape index (κ3) is 2.11. The zero-order valence-corrected chi connectivity index (χ0v) is 11.5. The maximum Gasteiger partial charge on any atom is 0.264 e. The Labute approximate surface area is 120 Å². The Morgan fingerprint density at radius 2 is 2.15 bits per heavy atom. The number of carbonyl (C=O) groups excluding carboxylic acids is 1. The summed E-state index contributed by atoms with van der Waals surface area (Å²) < 4.78 is 6.52. The van der Waals surface area contributed by atoms with Gasteiger partial charge in [-0.15, -0.1) is 0 Å². The lowest BCUT2D eigenvalue weighted by Crippen LogP contribution is -2.26. The molecule has 2 heterocycles. The second-order valence-corrected chi connectivity index (χ2v) is 4.79. The summed E-state index contributed by atoms with van der Waals surface area (Å²) in [7, 11) is 1.48. The Morgan fingerprint density at radius 3 is 2.95 bits per heavy atom. The van der Waals surface area contributed by atoms with Crippen LogP contribution in [-0.2, 0) is 9.53 Å². The molecule has 1 N–H and O–H groups in total. The molecule has 0 bridgehead atoms. The highest BCUT2D eigenvalue weighted by atomic mass is 35.5. The smallest absolute Gasteiger partial charge is 0.264 e. The summed E-state index contributed by atoms with van der Waals surface area (Å²) in [6.07, 6.45) is 3.42. The van der Waals surface area contributed by atoms with Gasteiger partial charge in [0.15, 0.2) is 0 Å². The van der Waals surface area contributed by atoms with Crippen molar-refractivity contribution in [3.8, 4) is 0 Å². The zero-order valence-electron chi connectivity index (χ0n) is 10.8. The van der Waals surface area contributed by atoms with Crippen LogP contribution in [0.3, 0.4) is 0 Å². The predicted octanol–water partition coefficient (Wildman–Crippen LogP) is 2.56. The fourth-order valence-electron chi connectivity index (χ4n) is 2.25. The van der Waals surface area contributed by atoms with Gasteiger partial charge in [-0.05, 0) is 18.2 Å². The molecule has 0 aliphatic heterocycles. The average molecular weight is 290 g/mol. The van der Waals surface area contributed by atoms with Gasteiger partial charge in [0.05, 0.1) is 17.2 Å². The minimum Gasteiger partial charge on any atom is -0.375 e. The van der Waals surface area contributed by atoms with Gasteiger partial charge in [0, 0.05) is 29.1 Å². The fourth-order valence-corrected chi connectivity index (χ4v) is 2.41. The maximum atomic E-state index is 11.8. The molecule has 0 spiro atoms. The van der Waals surface area contributed by atoms with E-state index in [1.54, 1.807) is 17.1 Å². The van der Waals surface area contributed by atoms with E-state index in [1.807, 2.05) is 24.3 Å². The first-order valence-corrected chi connectivity index (χ1v) is 6.41. The molecule has 3 rings (SSSR count). The van der Waals surface area contributed by atoms with Gasteiger partial charge in [0.1, 0.15) is 6.61 Å². The van der Waals surface area contributed by atoms with Crippen LogP contribution in [0.1, 0.15) is 0 Å². The van der Waals surface area contributed by atoms with E-state index in [2.05, 4.69) is 10.4 Å². The van der Waals surface area contributed by atoms with E-state index in [1.165, 1.54) is 7.11 Å². The van der Waals surface area contributed by atoms with Crippen molar-refractivity contribution >= 4 is 39.3 Å². The molecule has 0 aliphatic rings. The summed E-state index contributed by atoms with van der Waals surface area (Å²) >= 11 is 6.05. The van der Waals surface area contributed by atoms with Crippen LogP contribution in [0.2, 0.25) is 5.02 Å². The Hall–Kier alpha value is -2.11. The lowest BCUT2D eigenvalue weighted by atomic mass is 10.2. The van der Waals surface area contributed by atoms with Gasteiger partial charge in [-0.1, -0.05) is 17.7 Å². The standard InChI is InChI=1S/C14H12ClN3O2/c1-20-8-14(19)17-18-12-6-9(15)2-3-10(12)11-4-5-16-7-13(11)18/h2-7H,8H2,1H3,(H,17,19). The molecule has 2 aromatic heterocycles. The summed E-state index contributed by atoms with van der Waals surface area (Å²) in [6.45, 7) is -0.0119. The van der Waals surface area contributed by atoms with E-state index in [4.69, 9.17) is 16.3 Å². The molecule has 5 nitrogen and oxygen atoms in total. The molecule has 3 aromatic rings. The summed E-state index contributed by atoms with van der Waals surface area (Å²) in [5.74, 6) is -0.241. The van der Waals surface area contributed by atoms with Crippen molar-refractivity contribution in [3.63, 3.8) is 0 Å². The number of hydrogen-bond donors (Lipinski definition) is 1. The lowest BCUT2D eigenvalue weighted by molar-refractivity contribution is -0.120. The molecule has 1 amide bonds. The average Bonchev–Trinajstić information content (AvgIpc) is 2.73. The highest BCUT2D eigenvalue weighted by molar-refractivity contribution is 6.31. The number of carbonyl (C=O) groups is 1. The first kappa shape index (κ1) is 12.9. The Kier molecular flexibility index (Phi) is 3.30. The second kappa shape index (κ2) is 5.11. The molecular weight excluding hydrogens is 278 g/mol. The number of aromatic nitrogens is 2. The van der Waals surface area contributed by atoms with Crippen LogP contribution in [0.25, 0.3) is 21.8 Å². The monoisotopic (exact) mass is 289 g/mol. The van der Waals surface area contributed by atoms with Gasteiger partial charge in [0.2, 0.25) is 0 Å². The number of methoxy groups -OCH3 is 1. The largest absolute Gasteiger partial charge is 0.375 e. The Morgan fingerprint density at radius 1 is 1.35 bits per heavy atom. The van der Waals surface area contributed by atoms with Crippen molar-refractivity contribution in [3.05, 3.63) is 41.7 Å². The molecule has 0 saturated carbocycles. The Balaban J connectivity index is 2.25. The fraction of sp³-hybridized carbons (Fsp3) is 0.143. The van der Waals surface area contributed by atoms with E-state index in [9.17, 15) is 4.79 Å². The molecule has 1 aromatic carbocycles. The minimum atomic E-state index is -0.241. The summed E-state index contributed by atoms with van der Waals surface area (Å²) in [4.78, 5) is 15.9. The number of ether oxygens (including phenoxy) is 1. The Bertz CT molecular complexity index is 798. The molecular formula is C14H12ClN3O2. The molecule has 0 fully saturated rings. The van der Waals surface area contributed by atoms with Crippen LogP contribution < -0.4 is 5.43 Å². The van der Waals surface area contributed by atoms with E-state index in [0.717, 1.165) is 21.8 Å². The number of rotatable bonds is 3. The van der Waals surface area contributed by atoms with Crippen molar-refractivity contribution in [2.75, 3.05) is 19.1 Å². The van der Waals surface area contributed by atoms with Crippen molar-refractivity contribution < 1.29 is 9.53 Å². The zero-order chi connectivity index (χ0) is 14.1. The van der Waals surface area contributed by atoms with Crippen LogP contribution in [0, 0.1) is 0 Å². The molecule has 0 aliphatic carbocycles. The van der Waals surface area contributed by atoms with Gasteiger partial charge in [-0.2, -0.15) is 0 Å². The molecule has 6 heteroatoms. The van der Waals surface area contributed by atoms with Crippen molar-refractivity contribution in [1.82, 2.24) is 9.66 Å². The van der Waals surface area contributed by atoms with E-state index in [0.29, 0.717) is 5.02 Å². The SMILES string of the molecule is COCC(=O)Nn1c2cnccc2c2ccc(Cl)cc21. The van der Waals surface area contributed by atoms with Crippen LogP contribution in [0.5, 0.6) is 0 Å². The minimum absolute atomic E-state index is 0.0119. The van der Waals surface area contributed by atoms with Gasteiger partial charge in [-0.25, -0.2) is 0 Å². The first-order valence-electron chi connectivity index (χ1n) is 6.03. The number of pyridine rings is 1. The number of hydrogen-bond acceptors (Lipinski definition) is 3. The maximum absolute atomic E-state index is 11.8. The third-order valence-electron chi connectivity index (χ3n) is 3.04. The highest BCUT2D eigenvalue weighted by Gasteiger charge is 2.12. The molecule has 0 radical (unpaired) electrons. The molecule has 102 valence electrons. The second-order valence-electron chi connectivity index (χ2n) is 4.36. The van der Waals surface area contributed by atoms with Crippen molar-refractivity contribution in [2.45, 2.75) is 0 Å². The molecule has 0 unspecified atom stereocenters. The number of fused-ring (bicyclic) bond motifs is 3. The highest BCUT2D eigenvalue weighted by Crippen LogP contribution is 2.29. The van der Waals surface area contributed by atoms with E-state index < -0.39 is 0 Å². The quantitative estimate of drug-likeness (QED) is 0.806. The van der Waals surface area contributed by atoms with E-state index in [-0.39, 0.29) is 12.5 Å². The first-order chi connectivity index (χ1) is 9.70. The van der Waals surface area contributed by atoms with Crippen LogP contribution in [-0.4, -0.2) is 29.3 Å². The predicted molar refractivity (Wildman–Crippen MR) is 78.5 cm³/mol. The van der Waals surface area contributed by atoms with Crippen molar-refractivity contribution in [2.24, 2.45) is 0 Å². The number of nitrogens with one attached hydrogen (secondary N) is 1. The summed E-state index contributed by atoms with van der Waals surface area (Å²) in [5.41, 5.74) is 4.43. The van der Waals surface area contributed by atoms with Gasteiger partial charge in [0.25, 0.3) is 5.91 Å². The van der Waals surface area contributed by atoms with Gasteiger partial charge >= 0.3 is 0 Å². The topological polar surface area (TPSA) is 56.1 Å². The number of halogens is 1. The number of amides is 1. The summed E-state index contributed by atoms with van der Waals surface area (Å²) in [5, 5.41) is 2.62. The van der Waals surface area contributed by atoms with E-state index >= 15 is 0 Å². The molecule has 0 atom stereocenters. The van der Waals surface area contributed by atoms with Gasteiger partial charge < -0.3 is 4.74 Å².